The summed E-state index contributed by atoms with van der Waals surface area (Å²) in [7, 11) is -3.27. The fraction of sp³-hybridized carbons (Fsp3) is 0.846. The van der Waals surface area contributed by atoms with Gasteiger partial charge >= 0.3 is 0 Å². The zero-order valence-electron chi connectivity index (χ0n) is 12.2. The van der Waals surface area contributed by atoms with Crippen LogP contribution < -0.4 is 5.73 Å². The van der Waals surface area contributed by atoms with Crippen molar-refractivity contribution in [1.82, 2.24) is 4.90 Å². The summed E-state index contributed by atoms with van der Waals surface area (Å²) in [6.07, 6.45) is 5.31. The summed E-state index contributed by atoms with van der Waals surface area (Å²) in [5, 5.41) is -0.835. The number of hydrogen-bond acceptors (Lipinski definition) is 5. The molecule has 0 saturated carbocycles. The van der Waals surface area contributed by atoms with Gasteiger partial charge in [-0.25, -0.2) is 8.42 Å². The van der Waals surface area contributed by atoms with Crippen molar-refractivity contribution in [2.24, 2.45) is 5.73 Å². The number of thioether (sulfide) groups is 1. The van der Waals surface area contributed by atoms with E-state index in [1.807, 2.05) is 6.26 Å². The lowest BCUT2D eigenvalue weighted by Gasteiger charge is -2.41. The van der Waals surface area contributed by atoms with Crippen LogP contribution in [0.1, 0.15) is 32.1 Å². The third-order valence-corrected chi connectivity index (χ3v) is 8.67. The maximum absolute atomic E-state index is 12.5. The molecule has 21 heavy (non-hydrogen) atoms. The van der Waals surface area contributed by atoms with E-state index in [1.165, 1.54) is 0 Å². The number of nitrogens with zero attached hydrogens (tertiary/aromatic N) is 1. The molecule has 1 unspecified atom stereocenters. The molecule has 0 aromatic rings. The summed E-state index contributed by atoms with van der Waals surface area (Å²) in [6, 6.07) is 0. The number of hydrogen-bond donors (Lipinski definition) is 1. The Morgan fingerprint density at radius 1 is 1.33 bits per heavy atom. The summed E-state index contributed by atoms with van der Waals surface area (Å²) in [4.78, 5) is 14.7. The predicted octanol–water partition coefficient (Wildman–Crippen LogP) is 0.964. The third kappa shape index (κ3) is 3.37. The molecule has 1 amide bonds. The normalized spacial score (nSPS) is 28.0. The van der Waals surface area contributed by atoms with Crippen molar-refractivity contribution in [2.45, 2.75) is 42.1 Å². The minimum absolute atomic E-state index is 0.138. The summed E-state index contributed by atoms with van der Waals surface area (Å²) in [5.41, 5.74) is 5.83. The molecule has 0 radical (unpaired) electrons. The van der Waals surface area contributed by atoms with E-state index in [1.54, 1.807) is 16.7 Å². The van der Waals surface area contributed by atoms with E-state index in [2.05, 4.69) is 0 Å². The van der Waals surface area contributed by atoms with Crippen molar-refractivity contribution < 1.29 is 13.2 Å². The number of likely N-dealkylation sites (tertiary alicyclic amines) is 1. The molecule has 2 fully saturated rings. The molecule has 0 bridgehead atoms. The standard InChI is InChI=1S/C13H22N2O3S3/c1-20-13(12(14)19)5-7-15(8-6-13)11(16)10-4-2-3-9-21(10,17)18/h10H,2-9H2,1H3,(H2,14,19). The Morgan fingerprint density at radius 2 is 1.95 bits per heavy atom. The number of rotatable bonds is 3. The molecule has 2 aliphatic rings. The van der Waals surface area contributed by atoms with Gasteiger partial charge in [-0.1, -0.05) is 18.6 Å². The van der Waals surface area contributed by atoms with Gasteiger partial charge in [-0.05, 0) is 31.9 Å². The Morgan fingerprint density at radius 3 is 2.43 bits per heavy atom. The maximum atomic E-state index is 12.5. The van der Waals surface area contributed by atoms with Gasteiger partial charge < -0.3 is 10.6 Å². The highest BCUT2D eigenvalue weighted by Crippen LogP contribution is 2.35. The first-order chi connectivity index (χ1) is 9.82. The molecule has 0 aromatic heterocycles. The largest absolute Gasteiger partial charge is 0.392 e. The molecule has 8 heteroatoms. The van der Waals surface area contributed by atoms with Gasteiger partial charge in [0.05, 0.1) is 15.5 Å². The molecule has 2 saturated heterocycles. The molecule has 0 aliphatic carbocycles. The summed E-state index contributed by atoms with van der Waals surface area (Å²) < 4.78 is 23.9. The van der Waals surface area contributed by atoms with E-state index in [0.717, 1.165) is 6.42 Å². The molecule has 5 nitrogen and oxygen atoms in total. The van der Waals surface area contributed by atoms with E-state index in [-0.39, 0.29) is 16.4 Å². The van der Waals surface area contributed by atoms with Gasteiger partial charge in [0.15, 0.2) is 9.84 Å². The fourth-order valence-corrected chi connectivity index (χ4v) is 6.19. The number of piperidine rings is 1. The van der Waals surface area contributed by atoms with E-state index in [4.69, 9.17) is 18.0 Å². The minimum atomic E-state index is -3.27. The van der Waals surface area contributed by atoms with Crippen molar-refractivity contribution in [2.75, 3.05) is 25.1 Å². The van der Waals surface area contributed by atoms with Gasteiger partial charge in [-0.15, -0.1) is 0 Å². The lowest BCUT2D eigenvalue weighted by Crippen LogP contribution is -2.54. The number of amides is 1. The van der Waals surface area contributed by atoms with Crippen molar-refractivity contribution in [3.05, 3.63) is 0 Å². The lowest BCUT2D eigenvalue weighted by atomic mass is 9.95. The highest BCUT2D eigenvalue weighted by Gasteiger charge is 2.42. The van der Waals surface area contributed by atoms with Crippen molar-refractivity contribution in [3.8, 4) is 0 Å². The Kier molecular flexibility index (Phi) is 5.20. The molecule has 2 heterocycles. The average molecular weight is 351 g/mol. The van der Waals surface area contributed by atoms with Crippen LogP contribution in [0.15, 0.2) is 0 Å². The number of carbonyl (C=O) groups is 1. The van der Waals surface area contributed by atoms with Crippen molar-refractivity contribution >= 4 is 44.7 Å². The number of sulfone groups is 1. The molecule has 2 rings (SSSR count). The second-order valence-corrected chi connectivity index (χ2v) is 9.67. The van der Waals surface area contributed by atoms with Gasteiger partial charge in [0.2, 0.25) is 5.91 Å². The van der Waals surface area contributed by atoms with Crippen LogP contribution in [0.5, 0.6) is 0 Å². The number of nitrogens with two attached hydrogens (primary N) is 1. The van der Waals surface area contributed by atoms with E-state index >= 15 is 0 Å². The first-order valence-electron chi connectivity index (χ1n) is 7.18. The predicted molar refractivity (Wildman–Crippen MR) is 90.3 cm³/mol. The molecule has 0 spiro atoms. The molecular formula is C13H22N2O3S3. The van der Waals surface area contributed by atoms with Gasteiger partial charge in [-0.2, -0.15) is 11.8 Å². The van der Waals surface area contributed by atoms with Gasteiger partial charge in [-0.3, -0.25) is 4.79 Å². The minimum Gasteiger partial charge on any atom is -0.392 e. The zero-order chi connectivity index (χ0) is 15.7. The first kappa shape index (κ1) is 17.0. The first-order valence-corrected chi connectivity index (χ1v) is 10.5. The third-order valence-electron chi connectivity index (χ3n) is 4.58. The van der Waals surface area contributed by atoms with Crippen LogP contribution in [0.2, 0.25) is 0 Å². The summed E-state index contributed by atoms with van der Waals surface area (Å²) in [6.45, 7) is 1.06. The highest BCUT2D eigenvalue weighted by molar-refractivity contribution is 8.02. The number of thiocarbonyl (C=S) groups is 1. The average Bonchev–Trinajstić information content (AvgIpc) is 2.46. The number of carbonyl (C=O) groups excluding carboxylic acids is 1. The van der Waals surface area contributed by atoms with Crippen LogP contribution in [-0.4, -0.2) is 59.3 Å². The summed E-state index contributed by atoms with van der Waals surface area (Å²) in [5.74, 6) is -0.0915. The van der Waals surface area contributed by atoms with Gasteiger partial charge in [0.1, 0.15) is 5.25 Å². The Labute approximate surface area is 135 Å². The van der Waals surface area contributed by atoms with Crippen LogP contribution in [0.4, 0.5) is 0 Å². The topological polar surface area (TPSA) is 80.5 Å². The smallest absolute Gasteiger partial charge is 0.240 e. The molecule has 120 valence electrons. The van der Waals surface area contributed by atoms with Crippen LogP contribution >= 0.6 is 24.0 Å². The highest BCUT2D eigenvalue weighted by atomic mass is 32.2. The molecule has 1 atom stereocenters. The van der Waals surface area contributed by atoms with Gasteiger partial charge in [0.25, 0.3) is 0 Å². The van der Waals surface area contributed by atoms with E-state index in [0.29, 0.717) is 43.8 Å². The molecular weight excluding hydrogens is 328 g/mol. The van der Waals surface area contributed by atoms with Crippen LogP contribution in [0.3, 0.4) is 0 Å². The second-order valence-electron chi connectivity index (χ2n) is 5.74. The Bertz CT molecular complexity index is 525. The molecule has 2 N–H and O–H groups in total. The van der Waals surface area contributed by atoms with Gasteiger partial charge in [0, 0.05) is 13.1 Å². The van der Waals surface area contributed by atoms with Crippen molar-refractivity contribution in [1.29, 1.82) is 0 Å². The van der Waals surface area contributed by atoms with Crippen LogP contribution in [0.25, 0.3) is 0 Å². The second kappa shape index (κ2) is 6.42. The quantitative estimate of drug-likeness (QED) is 0.764. The maximum Gasteiger partial charge on any atom is 0.240 e. The Hall–Kier alpha value is -0.340. The molecule has 0 aromatic carbocycles. The summed E-state index contributed by atoms with van der Waals surface area (Å²) >= 11 is 6.78. The fourth-order valence-electron chi connectivity index (χ4n) is 3.07. The lowest BCUT2D eigenvalue weighted by molar-refractivity contribution is -0.131. The SMILES string of the molecule is CSC1(C(N)=S)CCN(C(=O)C2CCCCS2(=O)=O)CC1. The van der Waals surface area contributed by atoms with Crippen LogP contribution in [-0.2, 0) is 14.6 Å². The molecule has 2 aliphatic heterocycles. The van der Waals surface area contributed by atoms with Crippen LogP contribution in [0, 0.1) is 0 Å². The van der Waals surface area contributed by atoms with Crippen molar-refractivity contribution in [3.63, 3.8) is 0 Å². The Balaban J connectivity index is 2.05. The van der Waals surface area contributed by atoms with E-state index in [9.17, 15) is 13.2 Å². The monoisotopic (exact) mass is 350 g/mol. The zero-order valence-corrected chi connectivity index (χ0v) is 14.7. The van der Waals surface area contributed by atoms with E-state index < -0.39 is 15.1 Å².